The van der Waals surface area contributed by atoms with Crippen molar-refractivity contribution < 1.29 is 9.53 Å². The first kappa shape index (κ1) is 13.9. The Morgan fingerprint density at radius 1 is 1.42 bits per heavy atom. The molecule has 19 heavy (non-hydrogen) atoms. The maximum atomic E-state index is 11.9. The molecule has 1 saturated heterocycles. The lowest BCUT2D eigenvalue weighted by Crippen LogP contribution is -2.37. The number of nitrogens with one attached hydrogen (secondary N) is 2. The summed E-state index contributed by atoms with van der Waals surface area (Å²) in [6.45, 7) is 4.31. The second-order valence-corrected chi connectivity index (χ2v) is 4.94. The molecule has 0 saturated carbocycles. The van der Waals surface area contributed by atoms with Crippen molar-refractivity contribution >= 4 is 5.91 Å². The Bertz CT molecular complexity index is 394. The average Bonchev–Trinajstić information content (AvgIpc) is 2.86. The van der Waals surface area contributed by atoms with Gasteiger partial charge in [-0.3, -0.25) is 4.79 Å². The third-order valence-electron chi connectivity index (χ3n) is 3.49. The van der Waals surface area contributed by atoms with E-state index in [0.717, 1.165) is 25.1 Å². The van der Waals surface area contributed by atoms with E-state index in [0.29, 0.717) is 19.2 Å². The van der Waals surface area contributed by atoms with E-state index in [4.69, 9.17) is 4.74 Å². The summed E-state index contributed by atoms with van der Waals surface area (Å²) < 4.78 is 5.57. The number of hydrogen-bond acceptors (Lipinski definition) is 3. The fourth-order valence-electron chi connectivity index (χ4n) is 2.34. The highest BCUT2D eigenvalue weighted by Gasteiger charge is 2.28. The quantitative estimate of drug-likeness (QED) is 0.765. The SMILES string of the molecule is CC1NCCC1C(=O)NCCCOc1ccccc1. The molecule has 2 rings (SSSR count). The maximum Gasteiger partial charge on any atom is 0.224 e. The molecule has 104 valence electrons. The minimum Gasteiger partial charge on any atom is -0.494 e. The van der Waals surface area contributed by atoms with Crippen LogP contribution < -0.4 is 15.4 Å². The van der Waals surface area contributed by atoms with Crippen LogP contribution >= 0.6 is 0 Å². The van der Waals surface area contributed by atoms with Crippen molar-refractivity contribution in [1.29, 1.82) is 0 Å². The van der Waals surface area contributed by atoms with E-state index >= 15 is 0 Å². The minimum atomic E-state index is 0.120. The molecule has 0 bridgehead atoms. The fourth-order valence-corrected chi connectivity index (χ4v) is 2.34. The Hall–Kier alpha value is -1.55. The van der Waals surface area contributed by atoms with Gasteiger partial charge >= 0.3 is 0 Å². The summed E-state index contributed by atoms with van der Waals surface area (Å²) in [5.74, 6) is 1.16. The number of hydrogen-bond donors (Lipinski definition) is 2. The van der Waals surface area contributed by atoms with Crippen LogP contribution in [0.25, 0.3) is 0 Å². The predicted octanol–water partition coefficient (Wildman–Crippen LogP) is 1.57. The Morgan fingerprint density at radius 2 is 2.21 bits per heavy atom. The molecule has 1 fully saturated rings. The van der Waals surface area contributed by atoms with Crippen LogP contribution in [-0.2, 0) is 4.79 Å². The second-order valence-electron chi connectivity index (χ2n) is 4.94. The zero-order chi connectivity index (χ0) is 13.5. The van der Waals surface area contributed by atoms with E-state index < -0.39 is 0 Å². The Balaban J connectivity index is 1.58. The van der Waals surface area contributed by atoms with Gasteiger partial charge in [0.05, 0.1) is 12.5 Å². The van der Waals surface area contributed by atoms with Crippen LogP contribution in [-0.4, -0.2) is 31.6 Å². The van der Waals surface area contributed by atoms with Gasteiger partial charge in [0.25, 0.3) is 0 Å². The highest BCUT2D eigenvalue weighted by Crippen LogP contribution is 2.14. The third-order valence-corrected chi connectivity index (χ3v) is 3.49. The molecule has 2 N–H and O–H groups in total. The summed E-state index contributed by atoms with van der Waals surface area (Å²) in [4.78, 5) is 11.9. The standard InChI is InChI=1S/C15H22N2O2/c1-12-14(8-10-16-12)15(18)17-9-5-11-19-13-6-3-2-4-7-13/h2-4,6-7,12,14,16H,5,8-11H2,1H3,(H,17,18). The van der Waals surface area contributed by atoms with Crippen molar-refractivity contribution in [3.8, 4) is 5.75 Å². The first-order valence-electron chi connectivity index (χ1n) is 6.96. The van der Waals surface area contributed by atoms with Gasteiger partial charge in [-0.05, 0) is 38.4 Å². The summed E-state index contributed by atoms with van der Waals surface area (Å²) in [5, 5.41) is 6.27. The molecule has 0 radical (unpaired) electrons. The van der Waals surface area contributed by atoms with Crippen LogP contribution in [0, 0.1) is 5.92 Å². The molecule has 0 aliphatic carbocycles. The predicted molar refractivity (Wildman–Crippen MR) is 75.1 cm³/mol. The van der Waals surface area contributed by atoms with Gasteiger partial charge in [-0.25, -0.2) is 0 Å². The highest BCUT2D eigenvalue weighted by molar-refractivity contribution is 5.79. The second kappa shape index (κ2) is 7.14. The van der Waals surface area contributed by atoms with Gasteiger partial charge in [0.15, 0.2) is 0 Å². The maximum absolute atomic E-state index is 11.9. The van der Waals surface area contributed by atoms with Gasteiger partial charge < -0.3 is 15.4 Å². The van der Waals surface area contributed by atoms with E-state index in [1.165, 1.54) is 0 Å². The molecule has 1 aromatic rings. The van der Waals surface area contributed by atoms with Crippen molar-refractivity contribution in [2.75, 3.05) is 19.7 Å². The zero-order valence-electron chi connectivity index (χ0n) is 11.4. The number of amides is 1. The van der Waals surface area contributed by atoms with Gasteiger partial charge in [-0.1, -0.05) is 18.2 Å². The van der Waals surface area contributed by atoms with Gasteiger partial charge in [-0.2, -0.15) is 0 Å². The van der Waals surface area contributed by atoms with E-state index in [1.54, 1.807) is 0 Å². The number of carbonyl (C=O) groups excluding carboxylic acids is 1. The van der Waals surface area contributed by atoms with Gasteiger partial charge in [0, 0.05) is 12.6 Å². The molecule has 1 heterocycles. The van der Waals surface area contributed by atoms with E-state index in [1.807, 2.05) is 30.3 Å². The lowest BCUT2D eigenvalue weighted by molar-refractivity contribution is -0.125. The number of benzene rings is 1. The van der Waals surface area contributed by atoms with E-state index in [2.05, 4.69) is 17.6 Å². The monoisotopic (exact) mass is 262 g/mol. The van der Waals surface area contributed by atoms with Gasteiger partial charge in [0.1, 0.15) is 5.75 Å². The van der Waals surface area contributed by atoms with Gasteiger partial charge in [0.2, 0.25) is 5.91 Å². The van der Waals surface area contributed by atoms with Crippen LogP contribution in [0.15, 0.2) is 30.3 Å². The van der Waals surface area contributed by atoms with Crippen molar-refractivity contribution in [2.45, 2.75) is 25.8 Å². The first-order chi connectivity index (χ1) is 9.27. The summed E-state index contributed by atoms with van der Waals surface area (Å²) in [6.07, 6.45) is 1.77. The Morgan fingerprint density at radius 3 is 2.89 bits per heavy atom. The van der Waals surface area contributed by atoms with Crippen LogP contribution in [0.3, 0.4) is 0 Å². The lowest BCUT2D eigenvalue weighted by atomic mass is 10.0. The molecule has 1 aliphatic rings. The normalized spacial score (nSPS) is 22.2. The first-order valence-corrected chi connectivity index (χ1v) is 6.96. The number of carbonyl (C=O) groups is 1. The third kappa shape index (κ3) is 4.24. The molecule has 4 nitrogen and oxygen atoms in total. The number of rotatable bonds is 6. The zero-order valence-corrected chi connectivity index (χ0v) is 11.4. The highest BCUT2D eigenvalue weighted by atomic mass is 16.5. The number of para-hydroxylation sites is 1. The Kier molecular flexibility index (Phi) is 5.21. The van der Waals surface area contributed by atoms with Crippen LogP contribution in [0.5, 0.6) is 5.75 Å². The van der Waals surface area contributed by atoms with E-state index in [9.17, 15) is 4.79 Å². The van der Waals surface area contributed by atoms with Crippen molar-refractivity contribution in [1.82, 2.24) is 10.6 Å². The molecule has 4 heteroatoms. The minimum absolute atomic E-state index is 0.120. The molecule has 2 atom stereocenters. The summed E-state index contributed by atoms with van der Waals surface area (Å²) in [6, 6.07) is 10.0. The Labute approximate surface area is 114 Å². The molecule has 1 aliphatic heterocycles. The lowest BCUT2D eigenvalue weighted by Gasteiger charge is -2.14. The summed E-state index contributed by atoms with van der Waals surface area (Å²) in [7, 11) is 0. The topological polar surface area (TPSA) is 50.4 Å². The summed E-state index contributed by atoms with van der Waals surface area (Å²) >= 11 is 0. The van der Waals surface area contributed by atoms with E-state index in [-0.39, 0.29) is 11.8 Å². The molecule has 1 amide bonds. The van der Waals surface area contributed by atoms with Crippen molar-refractivity contribution in [3.63, 3.8) is 0 Å². The van der Waals surface area contributed by atoms with Gasteiger partial charge in [-0.15, -0.1) is 0 Å². The summed E-state index contributed by atoms with van der Waals surface area (Å²) in [5.41, 5.74) is 0. The average molecular weight is 262 g/mol. The van der Waals surface area contributed by atoms with Crippen molar-refractivity contribution in [3.05, 3.63) is 30.3 Å². The van der Waals surface area contributed by atoms with Crippen LogP contribution in [0.1, 0.15) is 19.8 Å². The molecular weight excluding hydrogens is 240 g/mol. The fraction of sp³-hybridized carbons (Fsp3) is 0.533. The number of ether oxygens (including phenoxy) is 1. The smallest absolute Gasteiger partial charge is 0.224 e. The molecular formula is C15H22N2O2. The van der Waals surface area contributed by atoms with Crippen LogP contribution in [0.2, 0.25) is 0 Å². The molecule has 1 aromatic carbocycles. The molecule has 0 aromatic heterocycles. The molecule has 0 spiro atoms. The largest absolute Gasteiger partial charge is 0.494 e. The van der Waals surface area contributed by atoms with Crippen molar-refractivity contribution in [2.24, 2.45) is 5.92 Å². The molecule has 2 unspecified atom stereocenters. The van der Waals surface area contributed by atoms with Crippen LogP contribution in [0.4, 0.5) is 0 Å².